The topological polar surface area (TPSA) is 35.1 Å². The van der Waals surface area contributed by atoms with Gasteiger partial charge in [-0.3, -0.25) is 4.57 Å². The highest BCUT2D eigenvalue weighted by Crippen LogP contribution is 2.36. The van der Waals surface area contributed by atoms with Crippen LogP contribution in [0.25, 0.3) is 11.1 Å². The molecule has 0 amide bonds. The number of fused-ring (bicyclic) bond motifs is 1. The van der Waals surface area contributed by atoms with E-state index in [-0.39, 0.29) is 10.6 Å². The third kappa shape index (κ3) is 2.49. The van der Waals surface area contributed by atoms with E-state index in [4.69, 9.17) is 4.42 Å². The van der Waals surface area contributed by atoms with E-state index in [2.05, 4.69) is 44.8 Å². The van der Waals surface area contributed by atoms with Crippen molar-refractivity contribution >= 4 is 43.0 Å². The van der Waals surface area contributed by atoms with Gasteiger partial charge < -0.3 is 4.42 Å². The molecule has 108 valence electrons. The second kappa shape index (κ2) is 5.46. The number of aryl methyl sites for hydroxylation is 1. The number of alkyl halides is 1. The summed E-state index contributed by atoms with van der Waals surface area (Å²) in [5, 5.41) is 0. The minimum Gasteiger partial charge on any atom is -0.408 e. The molecule has 0 aliphatic rings. The number of oxazole rings is 1. The first-order valence-electron chi connectivity index (χ1n) is 6.47. The predicted molar refractivity (Wildman–Crippen MR) is 91.1 cm³/mol. The Morgan fingerprint density at radius 3 is 2.76 bits per heavy atom. The summed E-state index contributed by atoms with van der Waals surface area (Å²) in [5.74, 6) is -0.341. The standard InChI is InChI=1S/C16H13Br2NO2/c1-9-11(4-3-5-12(9)17)15(18)10-6-7-13-14(8-10)21-16(20)19(13)2/h3-8,15H,1-2H3. The summed E-state index contributed by atoms with van der Waals surface area (Å²) in [4.78, 5) is 11.6. The Balaban J connectivity index is 2.11. The molecule has 5 heteroatoms. The zero-order valence-electron chi connectivity index (χ0n) is 11.6. The number of rotatable bonds is 2. The van der Waals surface area contributed by atoms with Gasteiger partial charge in [0.2, 0.25) is 0 Å². The van der Waals surface area contributed by atoms with Crippen LogP contribution >= 0.6 is 31.9 Å². The van der Waals surface area contributed by atoms with Crippen molar-refractivity contribution in [2.75, 3.05) is 0 Å². The Labute approximate surface area is 138 Å². The van der Waals surface area contributed by atoms with Gasteiger partial charge in [-0.05, 0) is 41.8 Å². The van der Waals surface area contributed by atoms with Crippen LogP contribution in [0.3, 0.4) is 0 Å². The highest BCUT2D eigenvalue weighted by Gasteiger charge is 2.16. The lowest BCUT2D eigenvalue weighted by Crippen LogP contribution is -2.08. The van der Waals surface area contributed by atoms with E-state index in [9.17, 15) is 4.79 Å². The third-order valence-electron chi connectivity index (χ3n) is 3.69. The molecule has 0 saturated heterocycles. The molecule has 1 heterocycles. The number of nitrogens with zero attached hydrogens (tertiary/aromatic N) is 1. The summed E-state index contributed by atoms with van der Waals surface area (Å²) in [6.45, 7) is 2.08. The molecule has 0 fully saturated rings. The number of hydrogen-bond donors (Lipinski definition) is 0. The van der Waals surface area contributed by atoms with Crippen molar-refractivity contribution in [3.8, 4) is 0 Å². The zero-order valence-corrected chi connectivity index (χ0v) is 14.7. The molecule has 21 heavy (non-hydrogen) atoms. The minimum absolute atomic E-state index is 0.0462. The molecule has 3 aromatic rings. The highest BCUT2D eigenvalue weighted by molar-refractivity contribution is 9.10. The van der Waals surface area contributed by atoms with Crippen LogP contribution < -0.4 is 5.76 Å². The van der Waals surface area contributed by atoms with Gasteiger partial charge in [-0.2, -0.15) is 0 Å². The molecule has 0 aliphatic carbocycles. The number of aromatic nitrogens is 1. The van der Waals surface area contributed by atoms with E-state index in [1.165, 1.54) is 15.7 Å². The van der Waals surface area contributed by atoms with Crippen molar-refractivity contribution in [1.82, 2.24) is 4.57 Å². The normalized spacial score (nSPS) is 12.8. The lowest BCUT2D eigenvalue weighted by atomic mass is 10.0. The van der Waals surface area contributed by atoms with Crippen molar-refractivity contribution in [2.24, 2.45) is 7.05 Å². The molecule has 0 spiro atoms. The first-order chi connectivity index (χ1) is 9.99. The first kappa shape index (κ1) is 14.6. The molecule has 1 aromatic heterocycles. The van der Waals surface area contributed by atoms with Crippen LogP contribution in [0, 0.1) is 6.92 Å². The first-order valence-corrected chi connectivity index (χ1v) is 8.18. The summed E-state index contributed by atoms with van der Waals surface area (Å²) in [5.41, 5.74) is 4.83. The van der Waals surface area contributed by atoms with E-state index in [1.54, 1.807) is 7.05 Å². The van der Waals surface area contributed by atoms with E-state index in [0.717, 1.165) is 15.6 Å². The fraction of sp³-hybridized carbons (Fsp3) is 0.188. The fourth-order valence-corrected chi connectivity index (χ4v) is 3.55. The average molecular weight is 411 g/mol. The van der Waals surface area contributed by atoms with E-state index < -0.39 is 0 Å². The van der Waals surface area contributed by atoms with Crippen LogP contribution in [0.4, 0.5) is 0 Å². The third-order valence-corrected chi connectivity index (χ3v) is 5.57. The molecule has 3 nitrogen and oxygen atoms in total. The van der Waals surface area contributed by atoms with Crippen LogP contribution in [0.15, 0.2) is 50.1 Å². The maximum Gasteiger partial charge on any atom is 0.419 e. The molecular weight excluding hydrogens is 398 g/mol. The number of benzene rings is 2. The summed E-state index contributed by atoms with van der Waals surface area (Å²) in [7, 11) is 1.71. The fourth-order valence-electron chi connectivity index (χ4n) is 2.39. The van der Waals surface area contributed by atoms with E-state index in [0.29, 0.717) is 5.58 Å². The van der Waals surface area contributed by atoms with Gasteiger partial charge in [-0.25, -0.2) is 4.79 Å². The molecule has 0 bridgehead atoms. The lowest BCUT2D eigenvalue weighted by Gasteiger charge is -2.14. The van der Waals surface area contributed by atoms with Crippen molar-refractivity contribution in [3.63, 3.8) is 0 Å². The highest BCUT2D eigenvalue weighted by atomic mass is 79.9. The molecule has 0 saturated carbocycles. The number of halogens is 2. The molecule has 1 unspecified atom stereocenters. The quantitative estimate of drug-likeness (QED) is 0.574. The maximum absolute atomic E-state index is 11.6. The van der Waals surface area contributed by atoms with Gasteiger partial charge in [0.25, 0.3) is 0 Å². The summed E-state index contributed by atoms with van der Waals surface area (Å²) >= 11 is 7.30. The van der Waals surface area contributed by atoms with Gasteiger partial charge in [0, 0.05) is 11.5 Å². The Kier molecular flexibility index (Phi) is 3.80. The van der Waals surface area contributed by atoms with Gasteiger partial charge in [0.1, 0.15) is 0 Å². The second-order valence-electron chi connectivity index (χ2n) is 4.97. The summed E-state index contributed by atoms with van der Waals surface area (Å²) in [6, 6.07) is 12.0. The SMILES string of the molecule is Cc1c(Br)cccc1C(Br)c1ccc2c(c1)oc(=O)n2C. The maximum atomic E-state index is 11.6. The van der Waals surface area contributed by atoms with Gasteiger partial charge >= 0.3 is 5.76 Å². The zero-order chi connectivity index (χ0) is 15.1. The molecular formula is C16H13Br2NO2. The molecule has 0 aliphatic heterocycles. The number of hydrogen-bond acceptors (Lipinski definition) is 2. The molecule has 0 radical (unpaired) electrons. The van der Waals surface area contributed by atoms with Crippen LogP contribution in [0.1, 0.15) is 21.5 Å². The molecule has 1 atom stereocenters. The van der Waals surface area contributed by atoms with Crippen LogP contribution in [0.2, 0.25) is 0 Å². The van der Waals surface area contributed by atoms with Gasteiger partial charge in [-0.15, -0.1) is 0 Å². The summed E-state index contributed by atoms with van der Waals surface area (Å²) < 4.78 is 7.84. The van der Waals surface area contributed by atoms with Gasteiger partial charge in [-0.1, -0.05) is 50.1 Å². The van der Waals surface area contributed by atoms with Crippen molar-refractivity contribution in [3.05, 3.63) is 68.1 Å². The van der Waals surface area contributed by atoms with Crippen LogP contribution in [-0.2, 0) is 7.05 Å². The Morgan fingerprint density at radius 2 is 2.00 bits per heavy atom. The lowest BCUT2D eigenvalue weighted by molar-refractivity contribution is 0.528. The molecule has 0 N–H and O–H groups in total. The molecule has 2 aromatic carbocycles. The van der Waals surface area contributed by atoms with Crippen LogP contribution in [-0.4, -0.2) is 4.57 Å². The monoisotopic (exact) mass is 409 g/mol. The predicted octanol–water partition coefficient (Wildman–Crippen LogP) is 4.69. The average Bonchev–Trinajstić information content (AvgIpc) is 2.76. The van der Waals surface area contributed by atoms with Gasteiger partial charge in [0.15, 0.2) is 5.58 Å². The summed E-state index contributed by atoms with van der Waals surface area (Å²) in [6.07, 6.45) is 0. The van der Waals surface area contributed by atoms with Crippen LogP contribution in [0.5, 0.6) is 0 Å². The Morgan fingerprint density at radius 1 is 1.24 bits per heavy atom. The second-order valence-corrected chi connectivity index (χ2v) is 6.74. The Hall–Kier alpha value is -1.33. The van der Waals surface area contributed by atoms with Crippen molar-refractivity contribution < 1.29 is 4.42 Å². The van der Waals surface area contributed by atoms with E-state index >= 15 is 0 Å². The van der Waals surface area contributed by atoms with E-state index in [1.807, 2.05) is 30.3 Å². The van der Waals surface area contributed by atoms with Crippen molar-refractivity contribution in [2.45, 2.75) is 11.8 Å². The molecule has 3 rings (SSSR count). The minimum atomic E-state index is -0.341. The smallest absolute Gasteiger partial charge is 0.408 e. The van der Waals surface area contributed by atoms with Crippen molar-refractivity contribution in [1.29, 1.82) is 0 Å². The largest absolute Gasteiger partial charge is 0.419 e. The Bertz CT molecular complexity index is 880. The van der Waals surface area contributed by atoms with Gasteiger partial charge in [0.05, 0.1) is 10.3 Å².